The topological polar surface area (TPSA) is 54.0 Å². The zero-order valence-corrected chi connectivity index (χ0v) is 15.8. The van der Waals surface area contributed by atoms with Crippen molar-refractivity contribution < 1.29 is 4.79 Å². The fourth-order valence-corrected chi connectivity index (χ4v) is 3.45. The molecule has 2 heterocycles. The van der Waals surface area contributed by atoms with E-state index in [1.807, 2.05) is 22.9 Å². The second-order valence-electron chi connectivity index (χ2n) is 4.56. The van der Waals surface area contributed by atoms with Crippen LogP contribution in [0.15, 0.2) is 22.9 Å². The maximum Gasteiger partial charge on any atom is 0.226 e. The van der Waals surface area contributed by atoms with Gasteiger partial charge in [0.15, 0.2) is 0 Å². The summed E-state index contributed by atoms with van der Waals surface area (Å²) in [5.74, 6) is 0.0257. The van der Waals surface area contributed by atoms with E-state index in [0.717, 1.165) is 22.1 Å². The highest BCUT2D eigenvalue weighted by atomic mass is 35.5. The third-order valence-corrected chi connectivity index (χ3v) is 4.71. The average Bonchev–Trinajstić information content (AvgIpc) is 3.07. The quantitative estimate of drug-likeness (QED) is 0.772. The summed E-state index contributed by atoms with van der Waals surface area (Å²) in [6.07, 6.45) is 0.348. The van der Waals surface area contributed by atoms with Crippen LogP contribution in [0.5, 0.6) is 0 Å². The predicted molar refractivity (Wildman–Crippen MR) is 99.8 cm³/mol. The molecule has 2 rings (SSSR count). The van der Waals surface area contributed by atoms with E-state index in [0.29, 0.717) is 19.0 Å². The van der Waals surface area contributed by atoms with Crippen LogP contribution in [-0.4, -0.2) is 30.0 Å². The van der Waals surface area contributed by atoms with Crippen LogP contribution in [0.2, 0.25) is 0 Å². The van der Waals surface area contributed by atoms with Gasteiger partial charge in [0.1, 0.15) is 5.01 Å². The minimum atomic E-state index is 0. The zero-order valence-electron chi connectivity index (χ0n) is 12.5. The number of halogens is 2. The molecule has 0 bridgehead atoms. The van der Waals surface area contributed by atoms with Gasteiger partial charge in [-0.3, -0.25) is 4.79 Å². The van der Waals surface area contributed by atoms with Crippen LogP contribution >= 0.6 is 47.5 Å². The molecule has 1 amide bonds. The van der Waals surface area contributed by atoms with E-state index in [1.54, 1.807) is 22.7 Å². The fourth-order valence-electron chi connectivity index (χ4n) is 1.82. The highest BCUT2D eigenvalue weighted by molar-refractivity contribution is 7.20. The number of thiazole rings is 1. The number of likely N-dealkylation sites (N-methyl/N-ethyl adjacent to an activating group) is 1. The summed E-state index contributed by atoms with van der Waals surface area (Å²) in [7, 11) is 0. The van der Waals surface area contributed by atoms with Crippen molar-refractivity contribution >= 4 is 53.4 Å². The van der Waals surface area contributed by atoms with Gasteiger partial charge in [-0.05, 0) is 24.9 Å². The number of amides is 1. The Kier molecular flexibility index (Phi) is 10.6. The summed E-state index contributed by atoms with van der Waals surface area (Å²) in [6, 6.07) is 4.35. The van der Waals surface area contributed by atoms with Crippen molar-refractivity contribution in [3.63, 3.8) is 0 Å². The predicted octanol–water partition coefficient (Wildman–Crippen LogP) is 3.37. The van der Waals surface area contributed by atoms with Gasteiger partial charge in [0.2, 0.25) is 5.91 Å². The Labute approximate surface area is 151 Å². The highest BCUT2D eigenvalue weighted by Crippen LogP contribution is 2.27. The molecule has 22 heavy (non-hydrogen) atoms. The van der Waals surface area contributed by atoms with Crippen molar-refractivity contribution in [2.24, 2.45) is 0 Å². The molecule has 0 aromatic carbocycles. The van der Waals surface area contributed by atoms with Crippen molar-refractivity contribution in [1.29, 1.82) is 0 Å². The van der Waals surface area contributed by atoms with Crippen LogP contribution in [0.25, 0.3) is 9.88 Å². The van der Waals surface area contributed by atoms with Gasteiger partial charge < -0.3 is 10.6 Å². The minimum Gasteiger partial charge on any atom is -0.354 e. The summed E-state index contributed by atoms with van der Waals surface area (Å²) in [6.45, 7) is 5.67. The summed E-state index contributed by atoms with van der Waals surface area (Å²) in [5, 5.41) is 11.2. The number of hydrogen-bond donors (Lipinski definition) is 2. The van der Waals surface area contributed by atoms with Crippen LogP contribution in [0.4, 0.5) is 0 Å². The first kappa shape index (κ1) is 21.3. The number of nitrogens with zero attached hydrogens (tertiary/aromatic N) is 1. The standard InChI is InChI=1S/C14H19N3OS2.2ClH/c1-3-15-10(2)8-16-13(18)7-11-9-20-14(17-11)12-5-4-6-19-12;;/h4-6,9-10,15H,3,7-8H2,1-2H3,(H,16,18);2*1H/t10-;;/m1../s1. The first-order valence-electron chi connectivity index (χ1n) is 6.67. The molecule has 124 valence electrons. The van der Waals surface area contributed by atoms with Gasteiger partial charge in [0.25, 0.3) is 0 Å². The van der Waals surface area contributed by atoms with Crippen LogP contribution < -0.4 is 10.6 Å². The molecular weight excluding hydrogens is 361 g/mol. The Bertz CT molecular complexity index is 546. The lowest BCUT2D eigenvalue weighted by Crippen LogP contribution is -2.39. The van der Waals surface area contributed by atoms with Crippen LogP contribution in [-0.2, 0) is 11.2 Å². The molecule has 2 aromatic heterocycles. The molecule has 8 heteroatoms. The molecule has 0 radical (unpaired) electrons. The SMILES string of the molecule is CCN[C@H](C)CNC(=O)Cc1csc(-c2cccs2)n1.Cl.Cl. The summed E-state index contributed by atoms with van der Waals surface area (Å²) in [4.78, 5) is 17.5. The molecule has 0 aliphatic heterocycles. The monoisotopic (exact) mass is 381 g/mol. The average molecular weight is 382 g/mol. The van der Waals surface area contributed by atoms with E-state index in [1.165, 1.54) is 0 Å². The van der Waals surface area contributed by atoms with Crippen LogP contribution in [0.1, 0.15) is 19.5 Å². The molecule has 0 aliphatic carbocycles. The zero-order chi connectivity index (χ0) is 14.4. The lowest BCUT2D eigenvalue weighted by Gasteiger charge is -2.12. The van der Waals surface area contributed by atoms with Gasteiger partial charge in [-0.2, -0.15) is 0 Å². The number of aromatic nitrogens is 1. The Morgan fingerprint density at radius 3 is 2.77 bits per heavy atom. The van der Waals surface area contributed by atoms with Gasteiger partial charge in [-0.15, -0.1) is 47.5 Å². The van der Waals surface area contributed by atoms with E-state index in [2.05, 4.69) is 29.5 Å². The molecule has 0 fully saturated rings. The normalized spacial score (nSPS) is 11.2. The van der Waals surface area contributed by atoms with E-state index >= 15 is 0 Å². The molecular formula is C14H21Cl2N3OS2. The molecule has 0 saturated carbocycles. The Morgan fingerprint density at radius 1 is 1.36 bits per heavy atom. The van der Waals surface area contributed by atoms with E-state index in [9.17, 15) is 4.79 Å². The number of rotatable bonds is 7. The Hall–Kier alpha value is -0.660. The number of thiophene rings is 1. The Morgan fingerprint density at radius 2 is 2.14 bits per heavy atom. The van der Waals surface area contributed by atoms with E-state index in [-0.39, 0.29) is 30.7 Å². The maximum absolute atomic E-state index is 11.8. The van der Waals surface area contributed by atoms with Gasteiger partial charge in [0, 0.05) is 18.0 Å². The van der Waals surface area contributed by atoms with Gasteiger partial charge in [-0.25, -0.2) is 4.98 Å². The second-order valence-corrected chi connectivity index (χ2v) is 6.37. The van der Waals surface area contributed by atoms with Gasteiger partial charge >= 0.3 is 0 Å². The third kappa shape index (κ3) is 6.62. The van der Waals surface area contributed by atoms with Crippen LogP contribution in [0.3, 0.4) is 0 Å². The maximum atomic E-state index is 11.8. The molecule has 0 aliphatic rings. The molecule has 0 unspecified atom stereocenters. The summed E-state index contributed by atoms with van der Waals surface area (Å²) < 4.78 is 0. The number of hydrogen-bond acceptors (Lipinski definition) is 5. The second kappa shape index (κ2) is 11.0. The smallest absolute Gasteiger partial charge is 0.226 e. The minimum absolute atomic E-state index is 0. The molecule has 0 saturated heterocycles. The number of carbonyl (C=O) groups excluding carboxylic acids is 1. The third-order valence-electron chi connectivity index (χ3n) is 2.78. The molecule has 0 spiro atoms. The van der Waals surface area contributed by atoms with Crippen molar-refractivity contribution in [3.05, 3.63) is 28.6 Å². The van der Waals surface area contributed by atoms with E-state index in [4.69, 9.17) is 0 Å². The van der Waals surface area contributed by atoms with Crippen molar-refractivity contribution in [2.45, 2.75) is 26.3 Å². The summed E-state index contributed by atoms with van der Waals surface area (Å²) >= 11 is 3.26. The lowest BCUT2D eigenvalue weighted by atomic mass is 10.3. The molecule has 2 aromatic rings. The lowest BCUT2D eigenvalue weighted by molar-refractivity contribution is -0.120. The first-order chi connectivity index (χ1) is 9.69. The van der Waals surface area contributed by atoms with Crippen LogP contribution in [0, 0.1) is 0 Å². The first-order valence-corrected chi connectivity index (χ1v) is 8.43. The van der Waals surface area contributed by atoms with Gasteiger partial charge in [-0.1, -0.05) is 13.0 Å². The largest absolute Gasteiger partial charge is 0.354 e. The van der Waals surface area contributed by atoms with Crippen molar-refractivity contribution in [3.8, 4) is 9.88 Å². The van der Waals surface area contributed by atoms with Crippen molar-refractivity contribution in [1.82, 2.24) is 15.6 Å². The van der Waals surface area contributed by atoms with Gasteiger partial charge in [0.05, 0.1) is 17.0 Å². The summed E-state index contributed by atoms with van der Waals surface area (Å²) in [5.41, 5.74) is 0.840. The van der Waals surface area contributed by atoms with Crippen molar-refractivity contribution in [2.75, 3.05) is 13.1 Å². The molecule has 2 N–H and O–H groups in total. The number of carbonyl (C=O) groups is 1. The Balaban J connectivity index is 0.00000220. The fraction of sp³-hybridized carbons (Fsp3) is 0.429. The molecule has 1 atom stereocenters. The highest BCUT2D eigenvalue weighted by Gasteiger charge is 2.10. The molecule has 4 nitrogen and oxygen atoms in total. The number of nitrogens with one attached hydrogen (secondary N) is 2. The van der Waals surface area contributed by atoms with E-state index < -0.39 is 0 Å².